The topological polar surface area (TPSA) is 129 Å². The molecule has 2 N–H and O–H groups in total. The smallest absolute Gasteiger partial charge is 0.326 e. The first-order chi connectivity index (χ1) is 13.7. The van der Waals surface area contributed by atoms with E-state index in [-0.39, 0.29) is 17.3 Å². The Balaban J connectivity index is 1.96. The number of rotatable bonds is 6. The molecule has 1 spiro atoms. The van der Waals surface area contributed by atoms with E-state index < -0.39 is 48.0 Å². The van der Waals surface area contributed by atoms with Crippen molar-refractivity contribution in [3.63, 3.8) is 0 Å². The number of amides is 4. The second-order valence-electron chi connectivity index (χ2n) is 9.94. The van der Waals surface area contributed by atoms with Crippen molar-refractivity contribution in [3.05, 3.63) is 0 Å². The van der Waals surface area contributed by atoms with Crippen molar-refractivity contribution in [1.29, 1.82) is 5.26 Å². The number of hydrogen-bond acceptors (Lipinski definition) is 6. The van der Waals surface area contributed by atoms with Gasteiger partial charge in [-0.05, 0) is 43.4 Å². The number of carbonyl (C=O) groups is 4. The fourth-order valence-corrected chi connectivity index (χ4v) is 4.60. The van der Waals surface area contributed by atoms with Gasteiger partial charge in [0.1, 0.15) is 17.6 Å². The van der Waals surface area contributed by atoms with Crippen LogP contribution in [0.1, 0.15) is 60.8 Å². The molecule has 1 saturated heterocycles. The van der Waals surface area contributed by atoms with Crippen LogP contribution in [-0.2, 0) is 19.1 Å². The number of hydrogen-bond donors (Lipinski definition) is 2. The number of carbonyl (C=O) groups excluding carboxylic acids is 4. The Morgan fingerprint density at radius 3 is 2.53 bits per heavy atom. The van der Waals surface area contributed by atoms with Gasteiger partial charge < -0.3 is 15.4 Å². The van der Waals surface area contributed by atoms with Gasteiger partial charge in [0.05, 0.1) is 6.07 Å². The molecule has 9 nitrogen and oxygen atoms in total. The molecular weight excluding hydrogens is 388 g/mol. The normalized spacial score (nSPS) is 27.4. The van der Waals surface area contributed by atoms with Crippen LogP contribution >= 0.6 is 0 Å². The molecule has 0 unspecified atom stereocenters. The average molecular weight is 421 g/mol. The van der Waals surface area contributed by atoms with Crippen LogP contribution in [0.2, 0.25) is 0 Å². The summed E-state index contributed by atoms with van der Waals surface area (Å²) >= 11 is 0. The summed E-state index contributed by atoms with van der Waals surface area (Å²) in [7, 11) is 0. The van der Waals surface area contributed by atoms with Crippen LogP contribution in [0.25, 0.3) is 0 Å². The van der Waals surface area contributed by atoms with Gasteiger partial charge in [-0.3, -0.25) is 19.3 Å². The summed E-state index contributed by atoms with van der Waals surface area (Å²) in [5.41, 5.74) is -2.20. The zero-order valence-corrected chi connectivity index (χ0v) is 18.6. The molecule has 9 heteroatoms. The maximum absolute atomic E-state index is 13.0. The number of nitriles is 1. The molecule has 0 aromatic heterocycles. The highest BCUT2D eigenvalue weighted by molar-refractivity contribution is 6.08. The third-order valence-corrected chi connectivity index (χ3v) is 6.06. The van der Waals surface area contributed by atoms with E-state index in [0.29, 0.717) is 12.8 Å². The van der Waals surface area contributed by atoms with Gasteiger partial charge in [0, 0.05) is 0 Å². The highest BCUT2D eigenvalue weighted by Crippen LogP contribution is 2.46. The Hall–Kier alpha value is -2.63. The SMILES string of the molecule is CC(C)[C@](C)(C#N)NC(=O)COC(=O)CN1C(=O)N[C@@]2(C[C@@H](C)CC(C)(C)C2)C1=O. The van der Waals surface area contributed by atoms with E-state index in [4.69, 9.17) is 4.74 Å². The second kappa shape index (κ2) is 8.25. The van der Waals surface area contributed by atoms with Gasteiger partial charge in [0.2, 0.25) is 0 Å². The fraction of sp³-hybridized carbons (Fsp3) is 0.762. The van der Waals surface area contributed by atoms with Crippen molar-refractivity contribution in [3.8, 4) is 6.07 Å². The van der Waals surface area contributed by atoms with Crippen LogP contribution in [-0.4, -0.2) is 52.9 Å². The van der Waals surface area contributed by atoms with Gasteiger partial charge in [-0.25, -0.2) is 4.79 Å². The van der Waals surface area contributed by atoms with E-state index in [1.807, 2.05) is 13.0 Å². The molecule has 2 rings (SSSR count). The Kier molecular flexibility index (Phi) is 6.50. The van der Waals surface area contributed by atoms with Gasteiger partial charge in [-0.1, -0.05) is 34.6 Å². The molecule has 2 aliphatic rings. The highest BCUT2D eigenvalue weighted by Gasteiger charge is 2.56. The minimum atomic E-state index is -1.09. The first-order valence-corrected chi connectivity index (χ1v) is 10.3. The molecule has 1 aliphatic carbocycles. The van der Waals surface area contributed by atoms with Gasteiger partial charge in [-0.15, -0.1) is 0 Å². The lowest BCUT2D eigenvalue weighted by Gasteiger charge is -2.43. The van der Waals surface area contributed by atoms with Crippen LogP contribution in [0.15, 0.2) is 0 Å². The largest absolute Gasteiger partial charge is 0.454 e. The Morgan fingerprint density at radius 1 is 1.37 bits per heavy atom. The van der Waals surface area contributed by atoms with Crippen LogP contribution in [0, 0.1) is 28.6 Å². The molecule has 1 saturated carbocycles. The number of nitrogens with one attached hydrogen (secondary N) is 2. The average Bonchev–Trinajstić information content (AvgIpc) is 2.81. The molecule has 3 atom stereocenters. The number of ether oxygens (including phenoxy) is 1. The number of urea groups is 1. The third-order valence-electron chi connectivity index (χ3n) is 6.06. The van der Waals surface area contributed by atoms with E-state index in [1.165, 1.54) is 0 Å². The van der Waals surface area contributed by atoms with Crippen LogP contribution < -0.4 is 10.6 Å². The van der Waals surface area contributed by atoms with Crippen LogP contribution in [0.5, 0.6) is 0 Å². The fourth-order valence-electron chi connectivity index (χ4n) is 4.60. The molecule has 0 bridgehead atoms. The molecule has 0 aromatic rings. The van der Waals surface area contributed by atoms with Crippen molar-refractivity contribution in [2.75, 3.05) is 13.2 Å². The van der Waals surface area contributed by atoms with Gasteiger partial charge in [0.15, 0.2) is 6.61 Å². The lowest BCUT2D eigenvalue weighted by Crippen LogP contribution is -2.54. The Morgan fingerprint density at radius 2 is 2.00 bits per heavy atom. The third kappa shape index (κ3) is 4.91. The summed E-state index contributed by atoms with van der Waals surface area (Å²) in [6, 6.07) is 1.41. The summed E-state index contributed by atoms with van der Waals surface area (Å²) in [6.07, 6.45) is 1.98. The standard InChI is InChI=1S/C21H32N4O5/c1-13(2)20(6,12-22)23-15(26)10-30-16(27)9-25-17(28)21(24-18(25)29)8-14(3)7-19(4,5)11-21/h13-14H,7-11H2,1-6H3,(H,23,26)(H,24,29)/t14-,20-,21+/m0/s1. The molecule has 4 amide bonds. The Bertz CT molecular complexity index is 787. The minimum absolute atomic E-state index is 0.112. The second-order valence-corrected chi connectivity index (χ2v) is 9.94. The maximum Gasteiger partial charge on any atom is 0.326 e. The summed E-state index contributed by atoms with van der Waals surface area (Å²) in [4.78, 5) is 50.5. The van der Waals surface area contributed by atoms with Gasteiger partial charge in [0.25, 0.3) is 11.8 Å². The molecule has 166 valence electrons. The molecular formula is C21H32N4O5. The summed E-state index contributed by atoms with van der Waals surface area (Å²) in [5, 5.41) is 14.6. The quantitative estimate of drug-likeness (QED) is 0.497. The number of imide groups is 1. The van der Waals surface area contributed by atoms with E-state index in [2.05, 4.69) is 24.5 Å². The van der Waals surface area contributed by atoms with Crippen molar-refractivity contribution in [2.45, 2.75) is 71.9 Å². The summed E-state index contributed by atoms with van der Waals surface area (Å²) < 4.78 is 4.94. The monoisotopic (exact) mass is 420 g/mol. The molecule has 1 aliphatic heterocycles. The molecule has 2 fully saturated rings. The highest BCUT2D eigenvalue weighted by atomic mass is 16.5. The lowest BCUT2D eigenvalue weighted by molar-refractivity contribution is -0.151. The van der Waals surface area contributed by atoms with Crippen LogP contribution in [0.4, 0.5) is 4.79 Å². The van der Waals surface area contributed by atoms with E-state index >= 15 is 0 Å². The van der Waals surface area contributed by atoms with E-state index in [1.54, 1.807) is 20.8 Å². The van der Waals surface area contributed by atoms with Crippen molar-refractivity contribution >= 4 is 23.8 Å². The Labute approximate surface area is 177 Å². The molecule has 30 heavy (non-hydrogen) atoms. The predicted molar refractivity (Wildman–Crippen MR) is 108 cm³/mol. The molecule has 0 radical (unpaired) electrons. The van der Waals surface area contributed by atoms with Crippen molar-refractivity contribution in [2.24, 2.45) is 17.3 Å². The maximum atomic E-state index is 13.0. The first kappa shape index (κ1) is 23.6. The molecule has 1 heterocycles. The van der Waals surface area contributed by atoms with E-state index in [9.17, 15) is 24.4 Å². The lowest BCUT2D eigenvalue weighted by atomic mass is 9.64. The summed E-state index contributed by atoms with van der Waals surface area (Å²) in [5.74, 6) is -1.81. The number of esters is 1. The molecule has 0 aromatic carbocycles. The van der Waals surface area contributed by atoms with Crippen molar-refractivity contribution < 1.29 is 23.9 Å². The van der Waals surface area contributed by atoms with Gasteiger partial charge in [-0.2, -0.15) is 5.26 Å². The number of nitrogens with zero attached hydrogens (tertiary/aromatic N) is 2. The van der Waals surface area contributed by atoms with Crippen molar-refractivity contribution in [1.82, 2.24) is 15.5 Å². The first-order valence-electron chi connectivity index (χ1n) is 10.3. The van der Waals surface area contributed by atoms with Gasteiger partial charge >= 0.3 is 12.0 Å². The summed E-state index contributed by atoms with van der Waals surface area (Å²) in [6.45, 7) is 10.2. The zero-order chi connectivity index (χ0) is 22.9. The van der Waals surface area contributed by atoms with E-state index in [0.717, 1.165) is 11.3 Å². The minimum Gasteiger partial charge on any atom is -0.454 e. The zero-order valence-electron chi connectivity index (χ0n) is 18.6. The predicted octanol–water partition coefficient (Wildman–Crippen LogP) is 1.72. The van der Waals surface area contributed by atoms with Crippen LogP contribution in [0.3, 0.4) is 0 Å².